The maximum atomic E-state index is 12.3. The molecule has 1 aliphatic rings. The summed E-state index contributed by atoms with van der Waals surface area (Å²) in [6.45, 7) is 5.86. The molecule has 0 aromatic carbocycles. The van der Waals surface area contributed by atoms with Crippen LogP contribution in [0.5, 0.6) is 0 Å². The summed E-state index contributed by atoms with van der Waals surface area (Å²) in [5.41, 5.74) is 2.05. The fraction of sp³-hybridized carbons (Fsp3) is 0.692. The Morgan fingerprint density at radius 2 is 2.37 bits per heavy atom. The third-order valence-corrected chi connectivity index (χ3v) is 5.32. The van der Waals surface area contributed by atoms with Gasteiger partial charge in [0.2, 0.25) is 0 Å². The first kappa shape index (κ1) is 15.1. The van der Waals surface area contributed by atoms with Gasteiger partial charge in [-0.05, 0) is 29.3 Å². The minimum absolute atomic E-state index is 0.00377. The minimum atomic E-state index is -0.00377. The standard InChI is InChI=1S/C13H20BrN3OS/c1-3-9-13(14)11(17(4-2)16-9)7-12(18)10-8-19-6-5-15-10/h10,15H,3-8H2,1-2H3. The number of thioether (sulfide) groups is 1. The quantitative estimate of drug-likeness (QED) is 0.887. The Morgan fingerprint density at radius 1 is 1.58 bits per heavy atom. The largest absolute Gasteiger partial charge is 0.306 e. The van der Waals surface area contributed by atoms with E-state index >= 15 is 0 Å². The summed E-state index contributed by atoms with van der Waals surface area (Å²) >= 11 is 5.44. The molecule has 1 saturated heterocycles. The van der Waals surface area contributed by atoms with Crippen LogP contribution in [-0.4, -0.2) is 39.7 Å². The molecule has 1 fully saturated rings. The first-order valence-corrected chi connectivity index (χ1v) is 8.70. The molecule has 1 unspecified atom stereocenters. The lowest BCUT2D eigenvalue weighted by atomic mass is 10.1. The number of Topliss-reactive ketones (excluding diaryl/α,β-unsaturated/α-hetero) is 1. The molecule has 19 heavy (non-hydrogen) atoms. The zero-order valence-electron chi connectivity index (χ0n) is 11.4. The van der Waals surface area contributed by atoms with Gasteiger partial charge in [-0.15, -0.1) is 0 Å². The van der Waals surface area contributed by atoms with Crippen molar-refractivity contribution >= 4 is 33.5 Å². The van der Waals surface area contributed by atoms with E-state index in [-0.39, 0.29) is 11.8 Å². The molecular weight excluding hydrogens is 326 g/mol. The summed E-state index contributed by atoms with van der Waals surface area (Å²) < 4.78 is 2.95. The number of aryl methyl sites for hydroxylation is 2. The third-order valence-electron chi connectivity index (χ3n) is 3.35. The zero-order chi connectivity index (χ0) is 13.8. The van der Waals surface area contributed by atoms with Crippen LogP contribution in [0.3, 0.4) is 0 Å². The molecule has 0 radical (unpaired) electrons. The number of nitrogens with one attached hydrogen (secondary N) is 1. The molecule has 0 saturated carbocycles. The van der Waals surface area contributed by atoms with Crippen LogP contribution < -0.4 is 5.32 Å². The summed E-state index contributed by atoms with van der Waals surface area (Å²) in [6.07, 6.45) is 1.34. The number of hydrogen-bond acceptors (Lipinski definition) is 4. The van der Waals surface area contributed by atoms with Crippen molar-refractivity contribution in [2.24, 2.45) is 0 Å². The Balaban J connectivity index is 2.13. The Labute approximate surface area is 126 Å². The van der Waals surface area contributed by atoms with E-state index in [0.29, 0.717) is 6.42 Å². The molecule has 0 aliphatic carbocycles. The maximum absolute atomic E-state index is 12.3. The van der Waals surface area contributed by atoms with Gasteiger partial charge < -0.3 is 5.32 Å². The van der Waals surface area contributed by atoms with E-state index in [9.17, 15) is 4.79 Å². The van der Waals surface area contributed by atoms with Crippen molar-refractivity contribution in [3.8, 4) is 0 Å². The summed E-state index contributed by atoms with van der Waals surface area (Å²) in [5.74, 6) is 2.25. The van der Waals surface area contributed by atoms with Gasteiger partial charge in [-0.3, -0.25) is 9.48 Å². The summed E-state index contributed by atoms with van der Waals surface area (Å²) in [6, 6.07) is -0.00377. The van der Waals surface area contributed by atoms with E-state index in [1.807, 2.05) is 16.4 Å². The van der Waals surface area contributed by atoms with Crippen LogP contribution in [0.4, 0.5) is 0 Å². The van der Waals surface area contributed by atoms with Crippen LogP contribution in [0.25, 0.3) is 0 Å². The second-order valence-electron chi connectivity index (χ2n) is 4.60. The van der Waals surface area contributed by atoms with Gasteiger partial charge in [0.1, 0.15) is 0 Å². The molecule has 1 aliphatic heterocycles. The fourth-order valence-electron chi connectivity index (χ4n) is 2.25. The van der Waals surface area contributed by atoms with Crippen LogP contribution in [0.2, 0.25) is 0 Å². The van der Waals surface area contributed by atoms with Crippen LogP contribution in [-0.2, 0) is 24.2 Å². The Kier molecular flexibility index (Phi) is 5.47. The number of hydrogen-bond donors (Lipinski definition) is 1. The lowest BCUT2D eigenvalue weighted by Gasteiger charge is -2.22. The number of ketones is 1. The molecule has 1 N–H and O–H groups in total. The van der Waals surface area contributed by atoms with E-state index in [1.54, 1.807) is 0 Å². The monoisotopic (exact) mass is 345 g/mol. The molecule has 1 aromatic rings. The van der Waals surface area contributed by atoms with Crippen LogP contribution in [0.1, 0.15) is 25.2 Å². The van der Waals surface area contributed by atoms with Gasteiger partial charge >= 0.3 is 0 Å². The summed E-state index contributed by atoms with van der Waals surface area (Å²) in [4.78, 5) is 12.3. The number of carbonyl (C=O) groups is 1. The van der Waals surface area contributed by atoms with Crippen molar-refractivity contribution in [1.82, 2.24) is 15.1 Å². The molecule has 2 rings (SSSR count). The first-order chi connectivity index (χ1) is 9.17. The van der Waals surface area contributed by atoms with E-state index in [1.165, 1.54) is 0 Å². The molecule has 6 heteroatoms. The van der Waals surface area contributed by atoms with Crippen molar-refractivity contribution in [3.63, 3.8) is 0 Å². The molecule has 0 bridgehead atoms. The van der Waals surface area contributed by atoms with Crippen LogP contribution in [0, 0.1) is 0 Å². The average molecular weight is 346 g/mol. The van der Waals surface area contributed by atoms with Gasteiger partial charge in [-0.2, -0.15) is 16.9 Å². The number of aromatic nitrogens is 2. The molecule has 4 nitrogen and oxygen atoms in total. The van der Waals surface area contributed by atoms with Gasteiger partial charge in [0.25, 0.3) is 0 Å². The maximum Gasteiger partial charge on any atom is 0.156 e. The lowest BCUT2D eigenvalue weighted by molar-refractivity contribution is -0.120. The molecule has 1 atom stereocenters. The minimum Gasteiger partial charge on any atom is -0.306 e. The zero-order valence-corrected chi connectivity index (χ0v) is 13.8. The number of carbonyl (C=O) groups excluding carboxylic acids is 1. The SMILES string of the molecule is CCc1nn(CC)c(CC(=O)C2CSCCN2)c1Br. The number of nitrogens with zero attached hydrogens (tertiary/aromatic N) is 2. The van der Waals surface area contributed by atoms with Gasteiger partial charge in [0.05, 0.1) is 28.3 Å². The van der Waals surface area contributed by atoms with E-state index in [4.69, 9.17) is 0 Å². The van der Waals surface area contributed by atoms with Crippen molar-refractivity contribution in [2.75, 3.05) is 18.1 Å². The molecular formula is C13H20BrN3OS. The predicted molar refractivity (Wildman–Crippen MR) is 82.8 cm³/mol. The molecule has 106 valence electrons. The molecule has 0 spiro atoms. The highest BCUT2D eigenvalue weighted by molar-refractivity contribution is 9.10. The number of halogens is 1. The lowest BCUT2D eigenvalue weighted by Crippen LogP contribution is -2.44. The van der Waals surface area contributed by atoms with E-state index in [2.05, 4.69) is 40.2 Å². The van der Waals surface area contributed by atoms with Crippen molar-refractivity contribution in [3.05, 3.63) is 15.9 Å². The first-order valence-electron chi connectivity index (χ1n) is 6.75. The predicted octanol–water partition coefficient (Wildman–Crippen LogP) is 2.04. The van der Waals surface area contributed by atoms with E-state index < -0.39 is 0 Å². The highest BCUT2D eigenvalue weighted by atomic mass is 79.9. The second-order valence-corrected chi connectivity index (χ2v) is 6.54. The van der Waals surface area contributed by atoms with Crippen LogP contribution >= 0.6 is 27.7 Å². The molecule has 0 amide bonds. The van der Waals surface area contributed by atoms with Crippen molar-refractivity contribution < 1.29 is 4.79 Å². The summed E-state index contributed by atoms with van der Waals surface area (Å²) in [5, 5.41) is 7.84. The molecule has 1 aromatic heterocycles. The van der Waals surface area contributed by atoms with Gasteiger partial charge in [0.15, 0.2) is 5.78 Å². The Bertz CT molecular complexity index is 455. The summed E-state index contributed by atoms with van der Waals surface area (Å²) in [7, 11) is 0. The van der Waals surface area contributed by atoms with E-state index in [0.717, 1.165) is 46.9 Å². The van der Waals surface area contributed by atoms with Gasteiger partial charge in [0, 0.05) is 24.6 Å². The average Bonchev–Trinajstić information content (AvgIpc) is 2.76. The Morgan fingerprint density at radius 3 is 2.95 bits per heavy atom. The number of rotatable bonds is 5. The van der Waals surface area contributed by atoms with Crippen LogP contribution in [0.15, 0.2) is 4.47 Å². The molecule has 2 heterocycles. The highest BCUT2D eigenvalue weighted by Gasteiger charge is 2.24. The van der Waals surface area contributed by atoms with Gasteiger partial charge in [-0.25, -0.2) is 0 Å². The third kappa shape index (κ3) is 3.41. The normalized spacial score (nSPS) is 19.6. The van der Waals surface area contributed by atoms with Crippen molar-refractivity contribution in [1.29, 1.82) is 0 Å². The topological polar surface area (TPSA) is 46.9 Å². The van der Waals surface area contributed by atoms with Crippen molar-refractivity contribution in [2.45, 2.75) is 39.3 Å². The second kappa shape index (κ2) is 6.90. The fourth-order valence-corrected chi connectivity index (χ4v) is 3.92. The Hall–Kier alpha value is -0.330. The van der Waals surface area contributed by atoms with Gasteiger partial charge in [-0.1, -0.05) is 6.92 Å². The smallest absolute Gasteiger partial charge is 0.156 e. The highest BCUT2D eigenvalue weighted by Crippen LogP contribution is 2.23.